The first-order valence-electron chi connectivity index (χ1n) is 7.79. The summed E-state index contributed by atoms with van der Waals surface area (Å²) in [6.07, 6.45) is 6.54. The predicted molar refractivity (Wildman–Crippen MR) is 82.7 cm³/mol. The molecular weight excluding hydrogens is 268 g/mol. The molecule has 0 saturated heterocycles. The Labute approximate surface area is 127 Å². The zero-order chi connectivity index (χ0) is 15.8. The van der Waals surface area contributed by atoms with Gasteiger partial charge in [-0.15, -0.1) is 0 Å². The summed E-state index contributed by atoms with van der Waals surface area (Å²) in [5.74, 6) is -0.250. The van der Waals surface area contributed by atoms with Crippen molar-refractivity contribution in [3.63, 3.8) is 0 Å². The molecule has 0 bridgehead atoms. The Morgan fingerprint density at radius 3 is 2.48 bits per heavy atom. The van der Waals surface area contributed by atoms with Gasteiger partial charge in [0.05, 0.1) is 20.2 Å². The molecule has 0 spiro atoms. The van der Waals surface area contributed by atoms with Crippen molar-refractivity contribution in [2.75, 3.05) is 26.7 Å². The maximum absolute atomic E-state index is 12.5. The first kappa shape index (κ1) is 17.7. The number of carbonyl (C=O) groups is 2. The van der Waals surface area contributed by atoms with E-state index in [0.29, 0.717) is 6.54 Å². The largest absolute Gasteiger partial charge is 0.468 e. The van der Waals surface area contributed by atoms with E-state index in [1.807, 2.05) is 30.6 Å². The number of carbonyl (C=O) groups excluding carboxylic acids is 2. The van der Waals surface area contributed by atoms with Crippen LogP contribution in [0.4, 0.5) is 0 Å². The highest BCUT2D eigenvalue weighted by Crippen LogP contribution is 2.21. The minimum atomic E-state index is -0.309. The zero-order valence-electron chi connectivity index (χ0n) is 13.7. The average molecular weight is 296 g/mol. The summed E-state index contributed by atoms with van der Waals surface area (Å²) in [6, 6.07) is 0.118. The number of hydrogen-bond acceptors (Lipinski definition) is 4. The van der Waals surface area contributed by atoms with Crippen molar-refractivity contribution in [3.05, 3.63) is 11.8 Å². The molecule has 1 aliphatic rings. The molecule has 120 valence electrons. The fourth-order valence-electron chi connectivity index (χ4n) is 2.52. The highest BCUT2D eigenvalue weighted by molar-refractivity contribution is 5.81. The average Bonchev–Trinajstić information content (AvgIpc) is 2.48. The van der Waals surface area contributed by atoms with E-state index in [1.54, 1.807) is 0 Å². The summed E-state index contributed by atoms with van der Waals surface area (Å²) in [6.45, 7) is 7.02. The third kappa shape index (κ3) is 5.50. The van der Waals surface area contributed by atoms with Crippen molar-refractivity contribution in [2.24, 2.45) is 0 Å². The molecule has 0 N–H and O–H groups in total. The fourth-order valence-corrected chi connectivity index (χ4v) is 2.52. The minimum absolute atomic E-state index is 0.0586. The molecule has 0 aromatic rings. The van der Waals surface area contributed by atoms with Crippen molar-refractivity contribution >= 4 is 11.9 Å². The summed E-state index contributed by atoms with van der Waals surface area (Å²) < 4.78 is 4.70. The number of nitrogens with zero attached hydrogens (tertiary/aromatic N) is 2. The molecule has 0 unspecified atom stereocenters. The van der Waals surface area contributed by atoms with Crippen molar-refractivity contribution in [1.82, 2.24) is 9.80 Å². The van der Waals surface area contributed by atoms with Gasteiger partial charge in [-0.05, 0) is 46.5 Å². The third-order valence-electron chi connectivity index (χ3n) is 3.86. The predicted octanol–water partition coefficient (Wildman–Crippen LogP) is 2.18. The van der Waals surface area contributed by atoms with E-state index < -0.39 is 0 Å². The number of ether oxygens (including phenoxy) is 1. The standard InChI is InChI=1S/C16H28N2O3/c1-5-18(14-9-7-6-8-10-14)15(19)11-17(13(2)3)12-16(20)21-4/h9,13H,5-8,10-12H2,1-4H3. The van der Waals surface area contributed by atoms with E-state index in [-0.39, 0.29) is 31.0 Å². The number of rotatable bonds is 7. The zero-order valence-corrected chi connectivity index (χ0v) is 13.7. The molecule has 0 atom stereocenters. The van der Waals surface area contributed by atoms with E-state index >= 15 is 0 Å². The Kier molecular flexibility index (Phi) is 7.43. The minimum Gasteiger partial charge on any atom is -0.468 e. The smallest absolute Gasteiger partial charge is 0.319 e. The van der Waals surface area contributed by atoms with Gasteiger partial charge in [0, 0.05) is 18.3 Å². The van der Waals surface area contributed by atoms with E-state index in [2.05, 4.69) is 6.08 Å². The summed E-state index contributed by atoms with van der Waals surface area (Å²) in [5, 5.41) is 0. The quantitative estimate of drug-likeness (QED) is 0.676. The first-order valence-corrected chi connectivity index (χ1v) is 7.79. The molecule has 1 rings (SSSR count). The van der Waals surface area contributed by atoms with Crippen LogP contribution in [-0.2, 0) is 14.3 Å². The van der Waals surface area contributed by atoms with Gasteiger partial charge in [0.25, 0.3) is 0 Å². The van der Waals surface area contributed by atoms with Crippen LogP contribution in [0.2, 0.25) is 0 Å². The lowest BCUT2D eigenvalue weighted by atomic mass is 10.0. The monoisotopic (exact) mass is 296 g/mol. The van der Waals surface area contributed by atoms with Crippen LogP contribution in [0.15, 0.2) is 11.8 Å². The first-order chi connectivity index (χ1) is 9.99. The molecule has 0 aromatic heterocycles. The highest BCUT2D eigenvalue weighted by atomic mass is 16.5. The molecule has 0 fully saturated rings. The lowest BCUT2D eigenvalue weighted by Crippen LogP contribution is -2.45. The Morgan fingerprint density at radius 2 is 2.00 bits per heavy atom. The van der Waals surface area contributed by atoms with Crippen molar-refractivity contribution < 1.29 is 14.3 Å². The highest BCUT2D eigenvalue weighted by Gasteiger charge is 2.23. The normalized spacial score (nSPS) is 15.0. The lowest BCUT2D eigenvalue weighted by molar-refractivity contribution is -0.143. The molecule has 5 heteroatoms. The molecule has 0 aliphatic heterocycles. The van der Waals surface area contributed by atoms with Gasteiger partial charge >= 0.3 is 5.97 Å². The second kappa shape index (κ2) is 8.82. The Hall–Kier alpha value is -1.36. The van der Waals surface area contributed by atoms with Gasteiger partial charge in [0.15, 0.2) is 0 Å². The summed E-state index contributed by atoms with van der Waals surface area (Å²) in [7, 11) is 1.37. The van der Waals surface area contributed by atoms with Crippen molar-refractivity contribution in [1.29, 1.82) is 0 Å². The van der Waals surface area contributed by atoms with E-state index in [9.17, 15) is 9.59 Å². The molecule has 21 heavy (non-hydrogen) atoms. The molecule has 5 nitrogen and oxygen atoms in total. The van der Waals surface area contributed by atoms with Gasteiger partial charge in [-0.1, -0.05) is 6.08 Å². The summed E-state index contributed by atoms with van der Waals surface area (Å²) >= 11 is 0. The molecule has 1 aliphatic carbocycles. The maximum atomic E-state index is 12.5. The van der Waals surface area contributed by atoms with Gasteiger partial charge in [-0.3, -0.25) is 14.5 Å². The van der Waals surface area contributed by atoms with Gasteiger partial charge in [-0.2, -0.15) is 0 Å². The van der Waals surface area contributed by atoms with E-state index in [1.165, 1.54) is 13.5 Å². The Morgan fingerprint density at radius 1 is 1.29 bits per heavy atom. The number of allylic oxidation sites excluding steroid dienone is 2. The van der Waals surface area contributed by atoms with Gasteiger partial charge in [0.1, 0.15) is 0 Å². The van der Waals surface area contributed by atoms with Crippen LogP contribution in [0.5, 0.6) is 0 Å². The number of esters is 1. The van der Waals surface area contributed by atoms with Crippen LogP contribution < -0.4 is 0 Å². The number of methoxy groups -OCH3 is 1. The van der Waals surface area contributed by atoms with Crippen LogP contribution in [-0.4, -0.2) is 54.5 Å². The van der Waals surface area contributed by atoms with Crippen LogP contribution >= 0.6 is 0 Å². The molecule has 0 aromatic carbocycles. The molecule has 1 amide bonds. The molecule has 0 radical (unpaired) electrons. The molecular formula is C16H28N2O3. The van der Waals surface area contributed by atoms with Crippen LogP contribution in [0, 0.1) is 0 Å². The third-order valence-corrected chi connectivity index (χ3v) is 3.86. The van der Waals surface area contributed by atoms with Gasteiger partial charge in [0.2, 0.25) is 5.91 Å². The van der Waals surface area contributed by atoms with Crippen LogP contribution in [0.3, 0.4) is 0 Å². The second-order valence-electron chi connectivity index (χ2n) is 5.65. The second-order valence-corrected chi connectivity index (χ2v) is 5.65. The Balaban J connectivity index is 2.69. The Bertz CT molecular complexity index is 391. The summed E-state index contributed by atoms with van der Waals surface area (Å²) in [5.41, 5.74) is 1.13. The van der Waals surface area contributed by atoms with E-state index in [0.717, 1.165) is 25.0 Å². The van der Waals surface area contributed by atoms with Crippen LogP contribution in [0.25, 0.3) is 0 Å². The van der Waals surface area contributed by atoms with E-state index in [4.69, 9.17) is 4.74 Å². The maximum Gasteiger partial charge on any atom is 0.319 e. The van der Waals surface area contributed by atoms with Gasteiger partial charge < -0.3 is 9.64 Å². The summed E-state index contributed by atoms with van der Waals surface area (Å²) in [4.78, 5) is 27.7. The van der Waals surface area contributed by atoms with Crippen molar-refractivity contribution in [3.8, 4) is 0 Å². The lowest BCUT2D eigenvalue weighted by Gasteiger charge is -2.30. The molecule has 0 saturated carbocycles. The topological polar surface area (TPSA) is 49.9 Å². The number of amides is 1. The molecule has 0 heterocycles. The number of hydrogen-bond donors (Lipinski definition) is 0. The number of likely N-dealkylation sites (N-methyl/N-ethyl adjacent to an activating group) is 1. The van der Waals surface area contributed by atoms with Crippen LogP contribution in [0.1, 0.15) is 46.5 Å². The SMILES string of the molecule is CCN(C(=O)CN(CC(=O)OC)C(C)C)C1=CCCCC1. The van der Waals surface area contributed by atoms with Gasteiger partial charge in [-0.25, -0.2) is 0 Å². The fraction of sp³-hybridized carbons (Fsp3) is 0.750. The van der Waals surface area contributed by atoms with Crippen molar-refractivity contribution in [2.45, 2.75) is 52.5 Å².